The molecule has 0 aromatic carbocycles. The van der Waals surface area contributed by atoms with Gasteiger partial charge in [-0.1, -0.05) is 0 Å². The normalized spacial score (nSPS) is 27.0. The van der Waals surface area contributed by atoms with Gasteiger partial charge in [-0.05, 0) is 33.7 Å². The highest BCUT2D eigenvalue weighted by molar-refractivity contribution is 4.85. The monoisotopic (exact) mass is 200 g/mol. The third kappa shape index (κ3) is 3.56. The molecule has 0 saturated heterocycles. The summed E-state index contributed by atoms with van der Waals surface area (Å²) in [4.78, 5) is 2.36. The van der Waals surface area contributed by atoms with Gasteiger partial charge < -0.3 is 15.0 Å². The van der Waals surface area contributed by atoms with Crippen LogP contribution in [0.25, 0.3) is 0 Å². The van der Waals surface area contributed by atoms with Crippen molar-refractivity contribution in [1.82, 2.24) is 10.2 Å². The maximum atomic E-state index is 5.23. The Balaban J connectivity index is 1.95. The van der Waals surface area contributed by atoms with E-state index in [2.05, 4.69) is 31.1 Å². The van der Waals surface area contributed by atoms with E-state index in [4.69, 9.17) is 4.74 Å². The molecule has 1 fully saturated rings. The average molecular weight is 200 g/mol. The van der Waals surface area contributed by atoms with E-state index >= 15 is 0 Å². The van der Waals surface area contributed by atoms with Crippen molar-refractivity contribution in [3.05, 3.63) is 0 Å². The Bertz CT molecular complexity index is 155. The number of nitrogens with one attached hydrogen (secondary N) is 1. The van der Waals surface area contributed by atoms with Crippen LogP contribution in [0.15, 0.2) is 0 Å². The lowest BCUT2D eigenvalue weighted by Gasteiger charge is -2.35. The van der Waals surface area contributed by atoms with Crippen LogP contribution in [0.1, 0.15) is 26.7 Å². The minimum atomic E-state index is 0.510. The molecule has 0 aromatic rings. The van der Waals surface area contributed by atoms with E-state index in [9.17, 15) is 0 Å². The number of methoxy groups -OCH3 is 1. The van der Waals surface area contributed by atoms with Gasteiger partial charge in [0, 0.05) is 32.3 Å². The SMILES string of the molecule is COC1CC(NCCN(C)C(C)C)C1. The summed E-state index contributed by atoms with van der Waals surface area (Å²) in [7, 11) is 3.97. The quantitative estimate of drug-likeness (QED) is 0.695. The highest BCUT2D eigenvalue weighted by Crippen LogP contribution is 2.21. The van der Waals surface area contributed by atoms with Crippen LogP contribution in [-0.2, 0) is 4.74 Å². The van der Waals surface area contributed by atoms with Gasteiger partial charge in [0.25, 0.3) is 0 Å². The summed E-state index contributed by atoms with van der Waals surface area (Å²) in [5, 5.41) is 3.55. The number of rotatable bonds is 6. The van der Waals surface area contributed by atoms with Gasteiger partial charge in [0.05, 0.1) is 6.10 Å². The number of hydrogen-bond acceptors (Lipinski definition) is 3. The number of ether oxygens (including phenoxy) is 1. The fourth-order valence-electron chi connectivity index (χ4n) is 1.63. The molecule has 84 valence electrons. The second-order valence-corrected chi connectivity index (χ2v) is 4.55. The third-order valence-electron chi connectivity index (χ3n) is 3.21. The first-order valence-electron chi connectivity index (χ1n) is 5.60. The number of likely N-dealkylation sites (N-methyl/N-ethyl adjacent to an activating group) is 1. The summed E-state index contributed by atoms with van der Waals surface area (Å²) in [6.07, 6.45) is 2.87. The molecule has 0 aliphatic heterocycles. The van der Waals surface area contributed by atoms with E-state index in [1.165, 1.54) is 12.8 Å². The largest absolute Gasteiger partial charge is 0.381 e. The molecule has 0 aromatic heterocycles. The number of nitrogens with zero attached hydrogens (tertiary/aromatic N) is 1. The molecule has 0 amide bonds. The molecular formula is C11H24N2O. The molecule has 1 rings (SSSR count). The Morgan fingerprint density at radius 3 is 2.57 bits per heavy atom. The smallest absolute Gasteiger partial charge is 0.0601 e. The van der Waals surface area contributed by atoms with E-state index in [1.54, 1.807) is 7.11 Å². The van der Waals surface area contributed by atoms with Gasteiger partial charge in [-0.3, -0.25) is 0 Å². The summed E-state index contributed by atoms with van der Waals surface area (Å²) < 4.78 is 5.23. The second-order valence-electron chi connectivity index (χ2n) is 4.55. The van der Waals surface area contributed by atoms with Gasteiger partial charge in [0.2, 0.25) is 0 Å². The highest BCUT2D eigenvalue weighted by atomic mass is 16.5. The lowest BCUT2D eigenvalue weighted by atomic mass is 9.89. The van der Waals surface area contributed by atoms with E-state index in [0.29, 0.717) is 18.2 Å². The Hall–Kier alpha value is -0.120. The van der Waals surface area contributed by atoms with Crippen molar-refractivity contribution in [3.63, 3.8) is 0 Å². The van der Waals surface area contributed by atoms with Gasteiger partial charge in [0.1, 0.15) is 0 Å². The Labute approximate surface area is 87.8 Å². The van der Waals surface area contributed by atoms with Crippen molar-refractivity contribution in [3.8, 4) is 0 Å². The van der Waals surface area contributed by atoms with Gasteiger partial charge in [0.15, 0.2) is 0 Å². The molecule has 1 saturated carbocycles. The summed E-state index contributed by atoms with van der Waals surface area (Å²) >= 11 is 0. The predicted molar refractivity (Wildman–Crippen MR) is 59.6 cm³/mol. The molecule has 1 aliphatic rings. The minimum absolute atomic E-state index is 0.510. The molecule has 3 heteroatoms. The summed E-state index contributed by atoms with van der Waals surface area (Å²) in [5.41, 5.74) is 0. The predicted octanol–water partition coefficient (Wildman–Crippen LogP) is 1.09. The molecule has 0 atom stereocenters. The highest BCUT2D eigenvalue weighted by Gasteiger charge is 2.28. The molecule has 14 heavy (non-hydrogen) atoms. The fourth-order valence-corrected chi connectivity index (χ4v) is 1.63. The first kappa shape index (κ1) is 12.0. The van der Waals surface area contributed by atoms with Crippen LogP contribution in [0, 0.1) is 0 Å². The zero-order chi connectivity index (χ0) is 10.6. The summed E-state index contributed by atoms with van der Waals surface area (Å²) in [6.45, 7) is 6.68. The molecule has 0 unspecified atom stereocenters. The van der Waals surface area contributed by atoms with Crippen molar-refractivity contribution in [2.24, 2.45) is 0 Å². The lowest BCUT2D eigenvalue weighted by Crippen LogP contribution is -2.47. The maximum absolute atomic E-state index is 5.23. The third-order valence-corrected chi connectivity index (χ3v) is 3.21. The van der Waals surface area contributed by atoms with Crippen LogP contribution >= 0.6 is 0 Å². The zero-order valence-corrected chi connectivity index (χ0v) is 9.92. The molecule has 1 N–H and O–H groups in total. The Kier molecular flexibility index (Phi) is 4.85. The van der Waals surface area contributed by atoms with Crippen molar-refractivity contribution in [1.29, 1.82) is 0 Å². The molecule has 0 heterocycles. The first-order valence-corrected chi connectivity index (χ1v) is 5.60. The second kappa shape index (κ2) is 5.69. The van der Waals surface area contributed by atoms with E-state index < -0.39 is 0 Å². The van der Waals surface area contributed by atoms with Crippen LogP contribution in [0.2, 0.25) is 0 Å². The van der Waals surface area contributed by atoms with Crippen LogP contribution in [0.5, 0.6) is 0 Å². The van der Waals surface area contributed by atoms with Crippen molar-refractivity contribution >= 4 is 0 Å². The molecule has 1 aliphatic carbocycles. The van der Waals surface area contributed by atoms with Gasteiger partial charge >= 0.3 is 0 Å². The molecule has 0 bridgehead atoms. The van der Waals surface area contributed by atoms with Crippen LogP contribution in [0.3, 0.4) is 0 Å². The van der Waals surface area contributed by atoms with E-state index in [0.717, 1.165) is 13.1 Å². The van der Waals surface area contributed by atoms with Crippen molar-refractivity contribution in [2.75, 3.05) is 27.2 Å². The van der Waals surface area contributed by atoms with E-state index in [-0.39, 0.29) is 0 Å². The summed E-state index contributed by atoms with van der Waals surface area (Å²) in [5.74, 6) is 0. The van der Waals surface area contributed by atoms with Crippen LogP contribution in [-0.4, -0.2) is 50.3 Å². The first-order chi connectivity index (χ1) is 6.63. The molecule has 3 nitrogen and oxygen atoms in total. The van der Waals surface area contributed by atoms with Crippen LogP contribution < -0.4 is 5.32 Å². The molecular weight excluding hydrogens is 176 g/mol. The number of hydrogen-bond donors (Lipinski definition) is 1. The minimum Gasteiger partial charge on any atom is -0.381 e. The zero-order valence-electron chi connectivity index (χ0n) is 9.92. The molecule has 0 radical (unpaired) electrons. The topological polar surface area (TPSA) is 24.5 Å². The maximum Gasteiger partial charge on any atom is 0.0601 e. The lowest BCUT2D eigenvalue weighted by molar-refractivity contribution is 0.0169. The van der Waals surface area contributed by atoms with Crippen LogP contribution in [0.4, 0.5) is 0 Å². The molecule has 0 spiro atoms. The van der Waals surface area contributed by atoms with Gasteiger partial charge in [-0.2, -0.15) is 0 Å². The van der Waals surface area contributed by atoms with Gasteiger partial charge in [-0.25, -0.2) is 0 Å². The average Bonchev–Trinajstić information content (AvgIpc) is 2.08. The Morgan fingerprint density at radius 2 is 2.07 bits per heavy atom. The van der Waals surface area contributed by atoms with E-state index in [1.807, 2.05) is 0 Å². The Morgan fingerprint density at radius 1 is 1.43 bits per heavy atom. The van der Waals surface area contributed by atoms with Gasteiger partial charge in [-0.15, -0.1) is 0 Å². The van der Waals surface area contributed by atoms with Crippen molar-refractivity contribution in [2.45, 2.75) is 44.9 Å². The van der Waals surface area contributed by atoms with Crippen molar-refractivity contribution < 1.29 is 4.74 Å². The fraction of sp³-hybridized carbons (Fsp3) is 1.00. The summed E-state index contributed by atoms with van der Waals surface area (Å²) in [6, 6.07) is 1.34. The standard InChI is InChI=1S/C11H24N2O/c1-9(2)13(3)6-5-12-10-7-11(8-10)14-4/h9-12H,5-8H2,1-4H3.